The standard InChI is InChI=1S/C10H13N3/c1-12(2)10-11-8-6-4-5-7-9(8)13(10)3/h4-7H,1-3H3. The molecule has 68 valence electrons. The molecule has 0 spiro atoms. The van der Waals surface area contributed by atoms with Gasteiger partial charge in [0.1, 0.15) is 0 Å². The zero-order chi connectivity index (χ0) is 9.42. The molecule has 1 aromatic heterocycles. The molecule has 1 aromatic carbocycles. The van der Waals surface area contributed by atoms with Crippen molar-refractivity contribution in [3.05, 3.63) is 24.3 Å². The van der Waals surface area contributed by atoms with Gasteiger partial charge in [-0.25, -0.2) is 4.98 Å². The van der Waals surface area contributed by atoms with Crippen molar-refractivity contribution in [2.24, 2.45) is 7.05 Å². The monoisotopic (exact) mass is 175 g/mol. The number of fused-ring (bicyclic) bond motifs is 1. The van der Waals surface area contributed by atoms with E-state index in [4.69, 9.17) is 0 Å². The Kier molecular flexibility index (Phi) is 1.72. The fraction of sp³-hybridized carbons (Fsp3) is 0.300. The highest BCUT2D eigenvalue weighted by atomic mass is 15.3. The van der Waals surface area contributed by atoms with Gasteiger partial charge in [-0.1, -0.05) is 12.1 Å². The quantitative estimate of drug-likeness (QED) is 0.657. The summed E-state index contributed by atoms with van der Waals surface area (Å²) >= 11 is 0. The second kappa shape index (κ2) is 2.76. The van der Waals surface area contributed by atoms with Crippen molar-refractivity contribution >= 4 is 17.0 Å². The highest BCUT2D eigenvalue weighted by Crippen LogP contribution is 2.18. The first kappa shape index (κ1) is 8.10. The Morgan fingerprint density at radius 2 is 1.92 bits per heavy atom. The molecule has 0 atom stereocenters. The van der Waals surface area contributed by atoms with Crippen LogP contribution >= 0.6 is 0 Å². The van der Waals surface area contributed by atoms with Crippen molar-refractivity contribution in [3.63, 3.8) is 0 Å². The third-order valence-electron chi connectivity index (χ3n) is 2.16. The van der Waals surface area contributed by atoms with Crippen LogP contribution in [-0.2, 0) is 7.05 Å². The fourth-order valence-corrected chi connectivity index (χ4v) is 1.53. The third kappa shape index (κ3) is 1.16. The largest absolute Gasteiger partial charge is 0.348 e. The smallest absolute Gasteiger partial charge is 0.205 e. The summed E-state index contributed by atoms with van der Waals surface area (Å²) in [4.78, 5) is 6.51. The molecule has 0 radical (unpaired) electrons. The molecule has 2 aromatic rings. The van der Waals surface area contributed by atoms with Gasteiger partial charge < -0.3 is 9.47 Å². The van der Waals surface area contributed by atoms with Crippen LogP contribution in [0, 0.1) is 0 Å². The zero-order valence-electron chi connectivity index (χ0n) is 8.15. The highest BCUT2D eigenvalue weighted by Gasteiger charge is 2.07. The second-order valence-electron chi connectivity index (χ2n) is 3.35. The molecule has 0 amide bonds. The molecule has 0 saturated carbocycles. The molecule has 0 bridgehead atoms. The Bertz CT molecular complexity index is 429. The maximum atomic E-state index is 4.50. The van der Waals surface area contributed by atoms with Crippen molar-refractivity contribution in [2.45, 2.75) is 0 Å². The van der Waals surface area contributed by atoms with Crippen LogP contribution in [0.25, 0.3) is 11.0 Å². The number of hydrogen-bond donors (Lipinski definition) is 0. The second-order valence-corrected chi connectivity index (χ2v) is 3.35. The Morgan fingerprint density at radius 3 is 2.54 bits per heavy atom. The van der Waals surface area contributed by atoms with Crippen LogP contribution in [-0.4, -0.2) is 23.6 Å². The van der Waals surface area contributed by atoms with Crippen molar-refractivity contribution in [1.29, 1.82) is 0 Å². The predicted octanol–water partition coefficient (Wildman–Crippen LogP) is 1.64. The Morgan fingerprint density at radius 1 is 1.23 bits per heavy atom. The molecule has 0 saturated heterocycles. The predicted molar refractivity (Wildman–Crippen MR) is 55.0 cm³/mol. The molecule has 3 heteroatoms. The first-order valence-electron chi connectivity index (χ1n) is 4.29. The van der Waals surface area contributed by atoms with Crippen molar-refractivity contribution in [1.82, 2.24) is 9.55 Å². The van der Waals surface area contributed by atoms with Gasteiger partial charge in [0.05, 0.1) is 11.0 Å². The van der Waals surface area contributed by atoms with Crippen LogP contribution in [0.4, 0.5) is 5.95 Å². The lowest BCUT2D eigenvalue weighted by Gasteiger charge is -2.10. The van der Waals surface area contributed by atoms with Gasteiger partial charge in [0.25, 0.3) is 0 Å². The van der Waals surface area contributed by atoms with E-state index in [1.165, 1.54) is 5.52 Å². The number of hydrogen-bond acceptors (Lipinski definition) is 2. The van der Waals surface area contributed by atoms with Gasteiger partial charge in [-0.3, -0.25) is 0 Å². The van der Waals surface area contributed by atoms with Crippen LogP contribution < -0.4 is 4.90 Å². The van der Waals surface area contributed by atoms with Gasteiger partial charge in [-0.15, -0.1) is 0 Å². The van der Waals surface area contributed by atoms with E-state index in [0.717, 1.165) is 11.5 Å². The summed E-state index contributed by atoms with van der Waals surface area (Å²) in [5.41, 5.74) is 2.22. The van der Waals surface area contributed by atoms with Crippen molar-refractivity contribution < 1.29 is 0 Å². The van der Waals surface area contributed by atoms with Crippen molar-refractivity contribution in [2.75, 3.05) is 19.0 Å². The lowest BCUT2D eigenvalue weighted by atomic mass is 10.3. The molecule has 0 aliphatic rings. The van der Waals surface area contributed by atoms with E-state index < -0.39 is 0 Å². The molecule has 0 N–H and O–H groups in total. The minimum atomic E-state index is 0.987. The van der Waals surface area contributed by atoms with E-state index in [0.29, 0.717) is 0 Å². The maximum absolute atomic E-state index is 4.50. The van der Waals surface area contributed by atoms with E-state index in [-0.39, 0.29) is 0 Å². The molecule has 3 nitrogen and oxygen atoms in total. The Balaban J connectivity index is 2.74. The lowest BCUT2D eigenvalue weighted by molar-refractivity contribution is 0.890. The van der Waals surface area contributed by atoms with Crippen LogP contribution in [0.2, 0.25) is 0 Å². The number of para-hydroxylation sites is 2. The van der Waals surface area contributed by atoms with E-state index >= 15 is 0 Å². The number of nitrogens with zero attached hydrogens (tertiary/aromatic N) is 3. The summed E-state index contributed by atoms with van der Waals surface area (Å²) in [6, 6.07) is 8.15. The first-order chi connectivity index (χ1) is 6.20. The molecule has 1 heterocycles. The van der Waals surface area contributed by atoms with Gasteiger partial charge in [0.2, 0.25) is 5.95 Å². The van der Waals surface area contributed by atoms with Crippen molar-refractivity contribution in [3.8, 4) is 0 Å². The van der Waals surface area contributed by atoms with E-state index in [1.54, 1.807) is 0 Å². The third-order valence-corrected chi connectivity index (χ3v) is 2.16. The molecule has 0 unspecified atom stereocenters. The van der Waals surface area contributed by atoms with E-state index in [1.807, 2.05) is 44.2 Å². The summed E-state index contributed by atoms with van der Waals surface area (Å²) < 4.78 is 2.09. The topological polar surface area (TPSA) is 21.1 Å². The van der Waals surface area contributed by atoms with Crippen LogP contribution in [0.3, 0.4) is 0 Å². The van der Waals surface area contributed by atoms with Crippen LogP contribution in [0.15, 0.2) is 24.3 Å². The van der Waals surface area contributed by atoms with Gasteiger partial charge in [-0.05, 0) is 12.1 Å². The summed E-state index contributed by atoms with van der Waals surface area (Å²) in [6.07, 6.45) is 0. The number of anilines is 1. The number of aromatic nitrogens is 2. The average molecular weight is 175 g/mol. The van der Waals surface area contributed by atoms with Crippen LogP contribution in [0.5, 0.6) is 0 Å². The molecule has 2 rings (SSSR count). The number of imidazole rings is 1. The summed E-state index contributed by atoms with van der Waals surface area (Å²) in [6.45, 7) is 0. The fourth-order valence-electron chi connectivity index (χ4n) is 1.53. The normalized spacial score (nSPS) is 10.7. The number of rotatable bonds is 1. The Labute approximate surface area is 77.6 Å². The molecule has 13 heavy (non-hydrogen) atoms. The van der Waals surface area contributed by atoms with E-state index in [2.05, 4.69) is 15.6 Å². The molecule has 0 aliphatic carbocycles. The molecule has 0 aliphatic heterocycles. The number of benzene rings is 1. The summed E-state index contributed by atoms with van der Waals surface area (Å²) in [5.74, 6) is 0.987. The maximum Gasteiger partial charge on any atom is 0.205 e. The summed E-state index contributed by atoms with van der Waals surface area (Å²) in [7, 11) is 6.03. The molecular weight excluding hydrogens is 162 g/mol. The Hall–Kier alpha value is -1.51. The first-order valence-corrected chi connectivity index (χ1v) is 4.29. The van der Waals surface area contributed by atoms with Gasteiger partial charge in [0.15, 0.2) is 0 Å². The van der Waals surface area contributed by atoms with Gasteiger partial charge in [-0.2, -0.15) is 0 Å². The van der Waals surface area contributed by atoms with Crippen LogP contribution in [0.1, 0.15) is 0 Å². The minimum Gasteiger partial charge on any atom is -0.348 e. The summed E-state index contributed by atoms with van der Waals surface area (Å²) in [5, 5.41) is 0. The lowest BCUT2D eigenvalue weighted by Crippen LogP contribution is -2.13. The minimum absolute atomic E-state index is 0.987. The SMILES string of the molecule is CN(C)c1nc2ccccc2n1C. The molecule has 0 fully saturated rings. The van der Waals surface area contributed by atoms with Gasteiger partial charge >= 0.3 is 0 Å². The number of aryl methyl sites for hydroxylation is 1. The zero-order valence-corrected chi connectivity index (χ0v) is 8.15. The highest BCUT2D eigenvalue weighted by molar-refractivity contribution is 5.78. The average Bonchev–Trinajstić information content (AvgIpc) is 2.45. The van der Waals surface area contributed by atoms with Gasteiger partial charge in [0, 0.05) is 21.1 Å². The van der Waals surface area contributed by atoms with E-state index in [9.17, 15) is 0 Å². The molecular formula is C10H13N3.